The van der Waals surface area contributed by atoms with Crippen molar-refractivity contribution < 1.29 is 4.92 Å². The number of nitrogens with one attached hydrogen (secondary N) is 1. The van der Waals surface area contributed by atoms with Gasteiger partial charge in [0.1, 0.15) is 22.3 Å². The van der Waals surface area contributed by atoms with E-state index in [-0.39, 0.29) is 5.69 Å². The fourth-order valence-corrected chi connectivity index (χ4v) is 2.45. The molecule has 106 valence electrons. The molecule has 0 aliphatic rings. The highest BCUT2D eigenvalue weighted by Gasteiger charge is 2.13. The van der Waals surface area contributed by atoms with Gasteiger partial charge in [0, 0.05) is 23.3 Å². The summed E-state index contributed by atoms with van der Waals surface area (Å²) in [5, 5.41) is 25.4. The monoisotopic (exact) mass is 300 g/mol. The highest BCUT2D eigenvalue weighted by atomic mass is 32.1. The molecule has 0 saturated heterocycles. The van der Waals surface area contributed by atoms with Crippen LogP contribution in [0.4, 0.5) is 11.4 Å². The van der Waals surface area contributed by atoms with Crippen LogP contribution in [0.25, 0.3) is 5.57 Å². The molecule has 0 amide bonds. The molecule has 21 heavy (non-hydrogen) atoms. The molecule has 0 saturated carbocycles. The lowest BCUT2D eigenvalue weighted by Gasteiger charge is -2.04. The zero-order chi connectivity index (χ0) is 15.4. The van der Waals surface area contributed by atoms with E-state index in [2.05, 4.69) is 10.3 Å². The predicted molar refractivity (Wildman–Crippen MR) is 81.9 cm³/mol. The molecule has 0 atom stereocenters. The van der Waals surface area contributed by atoms with Gasteiger partial charge < -0.3 is 5.32 Å². The normalized spacial score (nSPS) is 11.0. The smallest absolute Gasteiger partial charge is 0.292 e. The van der Waals surface area contributed by atoms with Gasteiger partial charge in [-0.1, -0.05) is 6.07 Å². The first-order chi connectivity index (χ1) is 10.0. The largest absolute Gasteiger partial charge is 0.355 e. The molecule has 1 heterocycles. The molecule has 0 fully saturated rings. The average molecular weight is 300 g/mol. The summed E-state index contributed by atoms with van der Waals surface area (Å²) in [6.07, 6.45) is 1.44. The quantitative estimate of drug-likeness (QED) is 0.528. The average Bonchev–Trinajstić information content (AvgIpc) is 2.87. The van der Waals surface area contributed by atoms with E-state index in [1.807, 2.05) is 18.4 Å². The third-order valence-electron chi connectivity index (χ3n) is 2.69. The van der Waals surface area contributed by atoms with Gasteiger partial charge in [0.15, 0.2) is 0 Å². The molecule has 2 aromatic rings. The molecular weight excluding hydrogens is 288 g/mol. The highest BCUT2D eigenvalue weighted by molar-refractivity contribution is 7.10. The first kappa shape index (κ1) is 14.7. The Morgan fingerprint density at radius 1 is 1.52 bits per heavy atom. The van der Waals surface area contributed by atoms with Crippen LogP contribution >= 0.6 is 11.3 Å². The van der Waals surface area contributed by atoms with Gasteiger partial charge in [0.25, 0.3) is 5.69 Å². The number of aromatic nitrogens is 1. The maximum absolute atomic E-state index is 11.0. The number of nitro benzene ring substituents is 1. The van der Waals surface area contributed by atoms with Crippen LogP contribution in [0.1, 0.15) is 16.3 Å². The lowest BCUT2D eigenvalue weighted by Crippen LogP contribution is -1.97. The Bertz CT molecular complexity index is 759. The van der Waals surface area contributed by atoms with Gasteiger partial charge in [-0.15, -0.1) is 11.3 Å². The number of nitrogens with zero attached hydrogens (tertiary/aromatic N) is 3. The number of nitriles is 1. The minimum atomic E-state index is -0.456. The molecule has 0 bridgehead atoms. The zero-order valence-corrected chi connectivity index (χ0v) is 12.3. The van der Waals surface area contributed by atoms with E-state index in [4.69, 9.17) is 5.26 Å². The second-order valence-corrected chi connectivity index (χ2v) is 5.24. The van der Waals surface area contributed by atoms with Crippen LogP contribution in [-0.2, 0) is 0 Å². The summed E-state index contributed by atoms with van der Waals surface area (Å²) in [7, 11) is 0. The van der Waals surface area contributed by atoms with E-state index in [0.717, 1.165) is 11.3 Å². The van der Waals surface area contributed by atoms with Gasteiger partial charge in [0.2, 0.25) is 0 Å². The highest BCUT2D eigenvalue weighted by Crippen LogP contribution is 2.26. The van der Waals surface area contributed by atoms with Crippen molar-refractivity contribution in [3.8, 4) is 6.07 Å². The van der Waals surface area contributed by atoms with Crippen molar-refractivity contribution >= 4 is 28.3 Å². The van der Waals surface area contributed by atoms with Crippen LogP contribution in [0.15, 0.2) is 29.8 Å². The second-order valence-electron chi connectivity index (χ2n) is 4.39. The molecule has 0 aliphatic heterocycles. The van der Waals surface area contributed by atoms with Crippen molar-refractivity contribution in [3.05, 3.63) is 56.2 Å². The molecule has 1 N–H and O–H groups in total. The third-order valence-corrected chi connectivity index (χ3v) is 3.69. The van der Waals surface area contributed by atoms with Gasteiger partial charge in [-0.2, -0.15) is 5.26 Å². The number of anilines is 1. The van der Waals surface area contributed by atoms with Crippen molar-refractivity contribution in [1.82, 2.24) is 4.98 Å². The standard InChI is InChI=1S/C14H12N4O2S/c1-9-3-4-12(13(5-9)18(19)20)16-7-11(6-15)14-17-10(2)8-21-14/h3-5,7-8,16H,1-2H3/b11-7+. The van der Waals surface area contributed by atoms with E-state index in [9.17, 15) is 10.1 Å². The summed E-state index contributed by atoms with van der Waals surface area (Å²) in [6, 6.07) is 6.90. The Labute approximate surface area is 125 Å². The maximum Gasteiger partial charge on any atom is 0.292 e. The first-order valence-electron chi connectivity index (χ1n) is 6.05. The Kier molecular flexibility index (Phi) is 4.30. The minimum Gasteiger partial charge on any atom is -0.355 e. The molecule has 6 nitrogen and oxygen atoms in total. The summed E-state index contributed by atoms with van der Waals surface area (Å²) in [5.74, 6) is 0. The van der Waals surface area contributed by atoms with Gasteiger partial charge in [-0.3, -0.25) is 10.1 Å². The maximum atomic E-state index is 11.0. The Hall–Kier alpha value is -2.72. The molecule has 1 aromatic carbocycles. The first-order valence-corrected chi connectivity index (χ1v) is 6.93. The van der Waals surface area contributed by atoms with Crippen LogP contribution in [0.3, 0.4) is 0 Å². The van der Waals surface area contributed by atoms with E-state index in [0.29, 0.717) is 16.3 Å². The summed E-state index contributed by atoms with van der Waals surface area (Å²) in [6.45, 7) is 3.62. The van der Waals surface area contributed by atoms with E-state index < -0.39 is 4.92 Å². The van der Waals surface area contributed by atoms with Crippen molar-refractivity contribution in [1.29, 1.82) is 5.26 Å². The summed E-state index contributed by atoms with van der Waals surface area (Å²) in [4.78, 5) is 14.8. The Morgan fingerprint density at radius 3 is 2.86 bits per heavy atom. The fraction of sp³-hybridized carbons (Fsp3) is 0.143. The molecular formula is C14H12N4O2S. The van der Waals surface area contributed by atoms with E-state index >= 15 is 0 Å². The molecule has 1 aromatic heterocycles. The molecule has 2 rings (SSSR count). The van der Waals surface area contributed by atoms with Crippen LogP contribution in [-0.4, -0.2) is 9.91 Å². The number of rotatable bonds is 4. The number of aryl methyl sites for hydroxylation is 2. The number of hydrogen-bond donors (Lipinski definition) is 1. The number of benzene rings is 1. The van der Waals surface area contributed by atoms with Crippen LogP contribution in [0.2, 0.25) is 0 Å². The molecule has 0 spiro atoms. The molecule has 0 unspecified atom stereocenters. The molecule has 0 radical (unpaired) electrons. The lowest BCUT2D eigenvalue weighted by atomic mass is 10.2. The molecule has 0 aliphatic carbocycles. The Balaban J connectivity index is 2.32. The second kappa shape index (κ2) is 6.15. The minimum absolute atomic E-state index is 0.0288. The van der Waals surface area contributed by atoms with Crippen molar-refractivity contribution in [2.24, 2.45) is 0 Å². The van der Waals surface area contributed by atoms with Crippen LogP contribution in [0, 0.1) is 35.3 Å². The Morgan fingerprint density at radius 2 is 2.29 bits per heavy atom. The van der Waals surface area contributed by atoms with Gasteiger partial charge in [0.05, 0.1) is 4.92 Å². The fourth-order valence-electron chi connectivity index (χ4n) is 1.68. The van der Waals surface area contributed by atoms with Crippen molar-refractivity contribution in [3.63, 3.8) is 0 Å². The van der Waals surface area contributed by atoms with Crippen LogP contribution in [0.5, 0.6) is 0 Å². The summed E-state index contributed by atoms with van der Waals surface area (Å²) >= 11 is 1.35. The zero-order valence-electron chi connectivity index (χ0n) is 11.5. The summed E-state index contributed by atoms with van der Waals surface area (Å²) in [5.41, 5.74) is 2.28. The number of thiazole rings is 1. The topological polar surface area (TPSA) is 91.8 Å². The summed E-state index contributed by atoms with van der Waals surface area (Å²) < 4.78 is 0. The third kappa shape index (κ3) is 3.43. The van der Waals surface area contributed by atoms with Crippen LogP contribution < -0.4 is 5.32 Å². The van der Waals surface area contributed by atoms with E-state index in [1.165, 1.54) is 23.6 Å². The number of allylic oxidation sites excluding steroid dienone is 1. The van der Waals surface area contributed by atoms with Crippen molar-refractivity contribution in [2.75, 3.05) is 5.32 Å². The van der Waals surface area contributed by atoms with Gasteiger partial charge >= 0.3 is 0 Å². The number of hydrogen-bond acceptors (Lipinski definition) is 6. The van der Waals surface area contributed by atoms with Gasteiger partial charge in [-0.05, 0) is 25.5 Å². The SMILES string of the molecule is Cc1ccc(N/C=C(\C#N)c2nc(C)cs2)c([N+](=O)[O-])c1. The molecule has 7 heteroatoms. The van der Waals surface area contributed by atoms with Gasteiger partial charge in [-0.25, -0.2) is 4.98 Å². The van der Waals surface area contributed by atoms with E-state index in [1.54, 1.807) is 19.1 Å². The number of nitro groups is 1. The predicted octanol–water partition coefficient (Wildman–Crippen LogP) is 3.64. The van der Waals surface area contributed by atoms with Crippen molar-refractivity contribution in [2.45, 2.75) is 13.8 Å². The lowest BCUT2D eigenvalue weighted by molar-refractivity contribution is -0.384.